The summed E-state index contributed by atoms with van der Waals surface area (Å²) in [5.74, 6) is -0.881. The van der Waals surface area contributed by atoms with E-state index in [9.17, 15) is 9.59 Å². The van der Waals surface area contributed by atoms with E-state index >= 15 is 0 Å². The zero-order chi connectivity index (χ0) is 15.2. The van der Waals surface area contributed by atoms with Gasteiger partial charge in [0, 0.05) is 17.9 Å². The highest BCUT2D eigenvalue weighted by molar-refractivity contribution is 6.00. The molecule has 2 bridgehead atoms. The predicted molar refractivity (Wildman–Crippen MR) is 73.0 cm³/mol. The zero-order valence-corrected chi connectivity index (χ0v) is 12.1. The van der Waals surface area contributed by atoms with E-state index in [0.29, 0.717) is 17.9 Å². The van der Waals surface area contributed by atoms with E-state index in [1.54, 1.807) is 20.1 Å². The van der Waals surface area contributed by atoms with Crippen molar-refractivity contribution in [3.8, 4) is 11.5 Å². The van der Waals surface area contributed by atoms with Gasteiger partial charge in [0.2, 0.25) is 5.91 Å². The van der Waals surface area contributed by atoms with Gasteiger partial charge in [0.25, 0.3) is 0 Å². The van der Waals surface area contributed by atoms with Gasteiger partial charge in [-0.1, -0.05) is 12.1 Å². The number of hydrogen-bond donors (Lipinski definition) is 1. The number of methoxy groups -OCH3 is 2. The van der Waals surface area contributed by atoms with Crippen LogP contribution in [0.5, 0.6) is 11.5 Å². The summed E-state index contributed by atoms with van der Waals surface area (Å²) in [5, 5.41) is 2.76. The minimum Gasteiger partial charge on any atom is -0.493 e. The summed E-state index contributed by atoms with van der Waals surface area (Å²) in [7, 11) is 2.84. The van der Waals surface area contributed by atoms with Gasteiger partial charge in [-0.25, -0.2) is 0 Å². The third-order valence-electron chi connectivity index (χ3n) is 4.09. The van der Waals surface area contributed by atoms with Crippen LogP contribution in [0.4, 0.5) is 0 Å². The number of para-hydroxylation sites is 1. The van der Waals surface area contributed by atoms with Crippen molar-refractivity contribution >= 4 is 11.9 Å². The molecular weight excluding hydrogens is 274 g/mol. The van der Waals surface area contributed by atoms with Crippen LogP contribution >= 0.6 is 0 Å². The maximum Gasteiger partial charge on any atom is 0.318 e. The maximum atomic E-state index is 12.3. The molecule has 0 saturated carbocycles. The van der Waals surface area contributed by atoms with E-state index in [0.717, 1.165) is 5.56 Å². The van der Waals surface area contributed by atoms with E-state index < -0.39 is 17.6 Å². The molecule has 1 saturated heterocycles. The summed E-state index contributed by atoms with van der Waals surface area (Å²) in [4.78, 5) is 24.2. The monoisotopic (exact) mass is 291 g/mol. The molecule has 6 nitrogen and oxygen atoms in total. The van der Waals surface area contributed by atoms with Gasteiger partial charge in [-0.05, 0) is 13.0 Å². The third-order valence-corrected chi connectivity index (χ3v) is 4.09. The number of rotatable bonds is 2. The average Bonchev–Trinajstić information content (AvgIpc) is 2.45. The maximum absolute atomic E-state index is 12.3. The highest BCUT2D eigenvalue weighted by Crippen LogP contribution is 2.50. The SMILES string of the molecule is COC(=O)[C@@H]1C(=O)N[C@@]2(C)C[C@H]1c1cccc(OC)c1O2. The Balaban J connectivity index is 2.14. The Bertz CT molecular complexity index is 614. The highest BCUT2D eigenvalue weighted by Gasteiger charge is 2.52. The first-order valence-electron chi connectivity index (χ1n) is 6.75. The number of hydrogen-bond acceptors (Lipinski definition) is 5. The fourth-order valence-electron chi connectivity index (χ4n) is 3.18. The van der Waals surface area contributed by atoms with Crippen molar-refractivity contribution in [3.05, 3.63) is 23.8 Å². The lowest BCUT2D eigenvalue weighted by Gasteiger charge is -2.46. The standard InChI is InChI=1S/C15H17NO5/c1-15-7-9(11(13(17)16-15)14(18)20-3)8-5-4-6-10(19-2)12(8)21-15/h4-6,9,11H,7H2,1-3H3,(H,16,17)/t9-,11-,15+/m0/s1. The second-order valence-corrected chi connectivity index (χ2v) is 5.51. The summed E-state index contributed by atoms with van der Waals surface area (Å²) in [6, 6.07) is 5.47. The third kappa shape index (κ3) is 2.02. The number of carbonyl (C=O) groups is 2. The van der Waals surface area contributed by atoms with Crippen LogP contribution in [0.25, 0.3) is 0 Å². The molecule has 21 heavy (non-hydrogen) atoms. The van der Waals surface area contributed by atoms with Gasteiger partial charge < -0.3 is 19.5 Å². The molecule has 1 fully saturated rings. The Hall–Kier alpha value is -2.24. The summed E-state index contributed by atoms with van der Waals surface area (Å²) in [5.41, 5.74) is -0.0365. The molecule has 1 amide bonds. The Morgan fingerprint density at radius 1 is 1.43 bits per heavy atom. The second kappa shape index (κ2) is 4.65. The first kappa shape index (κ1) is 13.7. The lowest BCUT2D eigenvalue weighted by atomic mass is 9.74. The first-order chi connectivity index (χ1) is 9.99. The van der Waals surface area contributed by atoms with Crippen molar-refractivity contribution in [2.75, 3.05) is 14.2 Å². The predicted octanol–water partition coefficient (Wildman–Crippen LogP) is 1.20. The van der Waals surface area contributed by atoms with E-state index in [4.69, 9.17) is 14.2 Å². The number of amides is 1. The Morgan fingerprint density at radius 2 is 2.19 bits per heavy atom. The Morgan fingerprint density at radius 3 is 2.86 bits per heavy atom. The van der Waals surface area contributed by atoms with Crippen molar-refractivity contribution in [2.24, 2.45) is 5.92 Å². The van der Waals surface area contributed by atoms with Crippen LogP contribution in [0, 0.1) is 5.92 Å². The lowest BCUT2D eigenvalue weighted by Crippen LogP contribution is -2.62. The van der Waals surface area contributed by atoms with E-state index in [1.807, 2.05) is 12.1 Å². The largest absolute Gasteiger partial charge is 0.493 e. The van der Waals surface area contributed by atoms with Crippen LogP contribution in [0.2, 0.25) is 0 Å². The molecule has 3 atom stereocenters. The summed E-state index contributed by atoms with van der Waals surface area (Å²) >= 11 is 0. The molecule has 0 radical (unpaired) electrons. The number of fused-ring (bicyclic) bond motifs is 4. The molecule has 0 unspecified atom stereocenters. The average molecular weight is 291 g/mol. The summed E-state index contributed by atoms with van der Waals surface area (Å²) < 4.78 is 16.0. The van der Waals surface area contributed by atoms with Crippen LogP contribution in [0.3, 0.4) is 0 Å². The van der Waals surface area contributed by atoms with E-state index in [-0.39, 0.29) is 11.8 Å². The van der Waals surface area contributed by atoms with Crippen LogP contribution < -0.4 is 14.8 Å². The van der Waals surface area contributed by atoms with Crippen LogP contribution in [0.15, 0.2) is 18.2 Å². The second-order valence-electron chi connectivity index (χ2n) is 5.51. The molecule has 0 aromatic heterocycles. The molecule has 0 spiro atoms. The molecule has 2 aliphatic rings. The first-order valence-corrected chi connectivity index (χ1v) is 6.75. The minimum absolute atomic E-state index is 0.282. The molecule has 3 rings (SSSR count). The van der Waals surface area contributed by atoms with Crippen LogP contribution in [-0.2, 0) is 14.3 Å². The number of nitrogens with one attached hydrogen (secondary N) is 1. The molecule has 6 heteroatoms. The number of piperidine rings is 1. The minimum atomic E-state index is -0.863. The van der Waals surface area contributed by atoms with Crippen molar-refractivity contribution in [1.82, 2.24) is 5.32 Å². The molecule has 112 valence electrons. The number of esters is 1. The van der Waals surface area contributed by atoms with Crippen molar-refractivity contribution in [1.29, 1.82) is 0 Å². The van der Waals surface area contributed by atoms with Crippen LogP contribution in [0.1, 0.15) is 24.8 Å². The zero-order valence-electron chi connectivity index (χ0n) is 12.1. The Labute approximate surface area is 122 Å². The van der Waals surface area contributed by atoms with Gasteiger partial charge in [0.05, 0.1) is 14.2 Å². The molecule has 2 heterocycles. The highest BCUT2D eigenvalue weighted by atomic mass is 16.5. The number of benzene rings is 1. The van der Waals surface area contributed by atoms with Gasteiger partial charge in [0.1, 0.15) is 5.92 Å². The van der Waals surface area contributed by atoms with Crippen LogP contribution in [-0.4, -0.2) is 31.8 Å². The molecular formula is C15H17NO5. The van der Waals surface area contributed by atoms with Crippen molar-refractivity contribution < 1.29 is 23.8 Å². The molecule has 2 aliphatic heterocycles. The van der Waals surface area contributed by atoms with Gasteiger partial charge in [-0.15, -0.1) is 0 Å². The fourth-order valence-corrected chi connectivity index (χ4v) is 3.18. The van der Waals surface area contributed by atoms with Gasteiger partial charge in [-0.2, -0.15) is 0 Å². The van der Waals surface area contributed by atoms with Crippen molar-refractivity contribution in [2.45, 2.75) is 25.0 Å². The van der Waals surface area contributed by atoms with Gasteiger partial charge >= 0.3 is 5.97 Å². The molecule has 0 aliphatic carbocycles. The number of carbonyl (C=O) groups excluding carboxylic acids is 2. The molecule has 1 N–H and O–H groups in total. The van der Waals surface area contributed by atoms with Gasteiger partial charge in [-0.3, -0.25) is 9.59 Å². The number of ether oxygens (including phenoxy) is 3. The topological polar surface area (TPSA) is 73.9 Å². The van der Waals surface area contributed by atoms with E-state index in [1.165, 1.54) is 7.11 Å². The van der Waals surface area contributed by atoms with E-state index in [2.05, 4.69) is 5.32 Å². The molecule has 1 aromatic carbocycles. The normalized spacial score (nSPS) is 29.8. The lowest BCUT2D eigenvalue weighted by molar-refractivity contribution is -0.158. The smallest absolute Gasteiger partial charge is 0.318 e. The Kier molecular flexibility index (Phi) is 3.04. The fraction of sp³-hybridized carbons (Fsp3) is 0.467. The quantitative estimate of drug-likeness (QED) is 0.654. The summed E-state index contributed by atoms with van der Waals surface area (Å²) in [6.45, 7) is 1.79. The van der Waals surface area contributed by atoms with Crippen molar-refractivity contribution in [3.63, 3.8) is 0 Å². The van der Waals surface area contributed by atoms with Gasteiger partial charge in [0.15, 0.2) is 17.2 Å². The molecule has 1 aromatic rings. The summed E-state index contributed by atoms with van der Waals surface area (Å²) in [6.07, 6.45) is 0.513.